The highest BCUT2D eigenvalue weighted by Gasteiger charge is 2.26. The van der Waals surface area contributed by atoms with Crippen molar-refractivity contribution in [3.05, 3.63) is 0 Å². The summed E-state index contributed by atoms with van der Waals surface area (Å²) in [5.74, 6) is 0. The molecule has 0 radical (unpaired) electrons. The Balaban J connectivity index is 4.39. The molecular formula is C11H23NO5. The van der Waals surface area contributed by atoms with E-state index < -0.39 is 29.9 Å². The quantitative estimate of drug-likeness (QED) is 0.550. The van der Waals surface area contributed by atoms with E-state index in [1.54, 1.807) is 20.8 Å². The van der Waals surface area contributed by atoms with Gasteiger partial charge in [-0.2, -0.15) is 0 Å². The molecule has 6 heteroatoms. The molecule has 0 aromatic carbocycles. The van der Waals surface area contributed by atoms with E-state index in [4.69, 9.17) is 9.84 Å². The zero-order valence-corrected chi connectivity index (χ0v) is 10.8. The van der Waals surface area contributed by atoms with E-state index in [0.29, 0.717) is 0 Å². The molecule has 17 heavy (non-hydrogen) atoms. The van der Waals surface area contributed by atoms with Gasteiger partial charge in [-0.25, -0.2) is 4.79 Å². The lowest BCUT2D eigenvalue weighted by Gasteiger charge is -2.27. The van der Waals surface area contributed by atoms with E-state index in [1.165, 1.54) is 6.92 Å². The Labute approximate surface area is 102 Å². The summed E-state index contributed by atoms with van der Waals surface area (Å²) in [6, 6.07) is -0.741. The highest BCUT2D eigenvalue weighted by atomic mass is 16.6. The van der Waals surface area contributed by atoms with Crippen molar-refractivity contribution in [2.75, 3.05) is 6.61 Å². The molecule has 0 unspecified atom stereocenters. The molecule has 0 rings (SSSR count). The summed E-state index contributed by atoms with van der Waals surface area (Å²) < 4.78 is 5.02. The second-order valence-electron chi connectivity index (χ2n) is 5.00. The van der Waals surface area contributed by atoms with Gasteiger partial charge in [-0.15, -0.1) is 0 Å². The van der Waals surface area contributed by atoms with Crippen molar-refractivity contribution in [3.8, 4) is 0 Å². The Kier molecular flexibility index (Phi) is 6.44. The van der Waals surface area contributed by atoms with Gasteiger partial charge in [-0.3, -0.25) is 0 Å². The molecule has 0 aromatic rings. The van der Waals surface area contributed by atoms with Crippen LogP contribution in [0.1, 0.15) is 34.1 Å². The monoisotopic (exact) mass is 249 g/mol. The standard InChI is InChI=1S/C11H23NO5/c1-7(14)9(15)8(5-6-13)12-10(16)17-11(2,3)4/h7-9,13-15H,5-6H2,1-4H3,(H,12,16)/t7-,8-,9+/m0/s1. The van der Waals surface area contributed by atoms with Crippen LogP contribution in [0.4, 0.5) is 4.79 Å². The second kappa shape index (κ2) is 6.78. The molecule has 0 heterocycles. The lowest BCUT2D eigenvalue weighted by Crippen LogP contribution is -2.49. The third-order valence-corrected chi connectivity index (χ3v) is 2.05. The van der Waals surface area contributed by atoms with Gasteiger partial charge in [-0.05, 0) is 34.1 Å². The van der Waals surface area contributed by atoms with Crippen molar-refractivity contribution in [2.45, 2.75) is 58.0 Å². The Morgan fingerprint density at radius 2 is 1.88 bits per heavy atom. The summed E-state index contributed by atoms with van der Waals surface area (Å²) in [5, 5.41) is 30.1. The molecule has 0 aromatic heterocycles. The van der Waals surface area contributed by atoms with Crippen LogP contribution in [0.25, 0.3) is 0 Å². The van der Waals surface area contributed by atoms with Crippen LogP contribution in [0, 0.1) is 0 Å². The van der Waals surface area contributed by atoms with Crippen LogP contribution >= 0.6 is 0 Å². The van der Waals surface area contributed by atoms with Crippen LogP contribution in [-0.2, 0) is 4.74 Å². The number of ether oxygens (including phenoxy) is 1. The van der Waals surface area contributed by atoms with Crippen LogP contribution in [0.15, 0.2) is 0 Å². The number of alkyl carbamates (subject to hydrolysis) is 1. The van der Waals surface area contributed by atoms with Gasteiger partial charge in [0.15, 0.2) is 0 Å². The molecule has 0 saturated heterocycles. The Morgan fingerprint density at radius 1 is 1.35 bits per heavy atom. The minimum atomic E-state index is -1.14. The van der Waals surface area contributed by atoms with E-state index >= 15 is 0 Å². The van der Waals surface area contributed by atoms with E-state index in [9.17, 15) is 15.0 Å². The second-order valence-corrected chi connectivity index (χ2v) is 5.00. The first-order valence-corrected chi connectivity index (χ1v) is 5.64. The number of amides is 1. The van der Waals surface area contributed by atoms with E-state index in [1.807, 2.05) is 0 Å². The van der Waals surface area contributed by atoms with Gasteiger partial charge >= 0.3 is 6.09 Å². The zero-order valence-electron chi connectivity index (χ0n) is 10.8. The zero-order chi connectivity index (χ0) is 13.6. The molecule has 6 nitrogen and oxygen atoms in total. The molecule has 0 bridgehead atoms. The number of aliphatic hydroxyl groups is 3. The fraction of sp³-hybridized carbons (Fsp3) is 0.909. The molecule has 0 saturated carbocycles. The Morgan fingerprint density at radius 3 is 2.24 bits per heavy atom. The third kappa shape index (κ3) is 7.14. The van der Waals surface area contributed by atoms with Crippen molar-refractivity contribution < 1.29 is 24.9 Å². The van der Waals surface area contributed by atoms with Crippen LogP contribution in [0.5, 0.6) is 0 Å². The topological polar surface area (TPSA) is 99.0 Å². The fourth-order valence-electron chi connectivity index (χ4n) is 1.26. The van der Waals surface area contributed by atoms with Gasteiger partial charge in [0, 0.05) is 6.61 Å². The van der Waals surface area contributed by atoms with E-state index in [0.717, 1.165) is 0 Å². The van der Waals surface area contributed by atoms with Crippen molar-refractivity contribution in [1.29, 1.82) is 0 Å². The van der Waals surface area contributed by atoms with Gasteiger partial charge in [0.2, 0.25) is 0 Å². The summed E-state index contributed by atoms with van der Waals surface area (Å²) in [4.78, 5) is 11.5. The molecule has 0 fully saturated rings. The minimum Gasteiger partial charge on any atom is -0.444 e. The lowest BCUT2D eigenvalue weighted by molar-refractivity contribution is -0.00509. The minimum absolute atomic E-state index is 0.144. The van der Waals surface area contributed by atoms with Crippen molar-refractivity contribution in [3.63, 3.8) is 0 Å². The maximum Gasteiger partial charge on any atom is 0.407 e. The fourth-order valence-corrected chi connectivity index (χ4v) is 1.26. The van der Waals surface area contributed by atoms with Gasteiger partial charge in [0.05, 0.1) is 18.2 Å². The first kappa shape index (κ1) is 16.1. The average Bonchev–Trinajstić information content (AvgIpc) is 2.12. The predicted molar refractivity (Wildman–Crippen MR) is 62.5 cm³/mol. The molecule has 1 amide bonds. The molecule has 102 valence electrons. The number of carbonyl (C=O) groups is 1. The third-order valence-electron chi connectivity index (χ3n) is 2.05. The average molecular weight is 249 g/mol. The lowest BCUT2D eigenvalue weighted by atomic mass is 10.0. The molecule has 0 spiro atoms. The van der Waals surface area contributed by atoms with Gasteiger partial charge < -0.3 is 25.4 Å². The summed E-state index contributed by atoms with van der Waals surface area (Å²) in [6.07, 6.45) is -2.68. The molecular weight excluding hydrogens is 226 g/mol. The molecule has 3 atom stereocenters. The Hall–Kier alpha value is -0.850. The normalized spacial score (nSPS) is 17.1. The van der Waals surface area contributed by atoms with Gasteiger partial charge in [-0.1, -0.05) is 0 Å². The highest BCUT2D eigenvalue weighted by Crippen LogP contribution is 2.09. The van der Waals surface area contributed by atoms with Crippen molar-refractivity contribution in [1.82, 2.24) is 5.32 Å². The van der Waals surface area contributed by atoms with Crippen LogP contribution in [0.3, 0.4) is 0 Å². The molecule has 4 N–H and O–H groups in total. The summed E-state index contributed by atoms with van der Waals surface area (Å²) in [6.45, 7) is 6.37. The molecule has 0 aliphatic heterocycles. The first-order chi connectivity index (χ1) is 7.67. The van der Waals surface area contributed by atoms with Gasteiger partial charge in [0.1, 0.15) is 5.60 Å². The predicted octanol–water partition coefficient (Wildman–Crippen LogP) is 0.00380. The maximum atomic E-state index is 11.5. The van der Waals surface area contributed by atoms with Crippen molar-refractivity contribution >= 4 is 6.09 Å². The summed E-state index contributed by atoms with van der Waals surface area (Å²) >= 11 is 0. The Bertz CT molecular complexity index is 237. The van der Waals surface area contributed by atoms with Crippen LogP contribution < -0.4 is 5.32 Å². The summed E-state index contributed by atoms with van der Waals surface area (Å²) in [7, 11) is 0. The maximum absolute atomic E-state index is 11.5. The van der Waals surface area contributed by atoms with E-state index in [-0.39, 0.29) is 13.0 Å². The van der Waals surface area contributed by atoms with Crippen molar-refractivity contribution in [2.24, 2.45) is 0 Å². The number of hydrogen-bond acceptors (Lipinski definition) is 5. The van der Waals surface area contributed by atoms with Crippen LogP contribution in [-0.4, -0.2) is 51.9 Å². The van der Waals surface area contributed by atoms with Gasteiger partial charge in [0.25, 0.3) is 0 Å². The van der Waals surface area contributed by atoms with E-state index in [2.05, 4.69) is 5.32 Å². The number of aliphatic hydroxyl groups excluding tert-OH is 3. The summed E-state index contributed by atoms with van der Waals surface area (Å²) in [5.41, 5.74) is -0.635. The molecule has 0 aliphatic carbocycles. The smallest absolute Gasteiger partial charge is 0.407 e. The number of nitrogens with one attached hydrogen (secondary N) is 1. The van der Waals surface area contributed by atoms with Crippen LogP contribution in [0.2, 0.25) is 0 Å². The highest BCUT2D eigenvalue weighted by molar-refractivity contribution is 5.68. The number of carbonyl (C=O) groups excluding carboxylic acids is 1. The largest absolute Gasteiger partial charge is 0.444 e. The number of rotatable bonds is 5. The molecule has 0 aliphatic rings. The SMILES string of the molecule is C[C@H](O)[C@@H](O)[C@H](CCO)NC(=O)OC(C)(C)C. The number of hydrogen-bond donors (Lipinski definition) is 4. The first-order valence-electron chi connectivity index (χ1n) is 5.64.